The summed E-state index contributed by atoms with van der Waals surface area (Å²) in [6.45, 7) is 5.63. The number of amides is 2. The molecular formula is C24H26N2O3. The van der Waals surface area contributed by atoms with Crippen molar-refractivity contribution in [2.45, 2.75) is 39.3 Å². The van der Waals surface area contributed by atoms with E-state index in [1.807, 2.05) is 56.3 Å². The number of nitrogens with one attached hydrogen (secondary N) is 2. The van der Waals surface area contributed by atoms with Crippen LogP contribution in [0.2, 0.25) is 0 Å². The topological polar surface area (TPSA) is 67.4 Å². The van der Waals surface area contributed by atoms with Crippen LogP contribution in [0.3, 0.4) is 0 Å². The van der Waals surface area contributed by atoms with Crippen molar-refractivity contribution in [3.05, 3.63) is 72.3 Å². The van der Waals surface area contributed by atoms with Gasteiger partial charge in [-0.2, -0.15) is 0 Å². The van der Waals surface area contributed by atoms with Gasteiger partial charge in [-0.05, 0) is 55.3 Å². The summed E-state index contributed by atoms with van der Waals surface area (Å²) >= 11 is 0. The van der Waals surface area contributed by atoms with E-state index in [9.17, 15) is 9.59 Å². The monoisotopic (exact) mass is 390 g/mol. The van der Waals surface area contributed by atoms with Gasteiger partial charge in [0, 0.05) is 6.04 Å². The highest BCUT2D eigenvalue weighted by Crippen LogP contribution is 2.22. The molecule has 29 heavy (non-hydrogen) atoms. The molecular weight excluding hydrogens is 364 g/mol. The van der Waals surface area contributed by atoms with Gasteiger partial charge in [-0.25, -0.2) is 0 Å². The van der Waals surface area contributed by atoms with Crippen LogP contribution in [0.5, 0.6) is 5.75 Å². The van der Waals surface area contributed by atoms with Gasteiger partial charge >= 0.3 is 0 Å². The smallest absolute Gasteiger partial charge is 0.265 e. The molecule has 0 aliphatic rings. The lowest BCUT2D eigenvalue weighted by Gasteiger charge is -2.17. The summed E-state index contributed by atoms with van der Waals surface area (Å²) in [5, 5.41) is 7.89. The van der Waals surface area contributed by atoms with Gasteiger partial charge in [0.15, 0.2) is 6.10 Å². The molecule has 0 fully saturated rings. The first-order valence-electron chi connectivity index (χ1n) is 9.84. The summed E-state index contributed by atoms with van der Waals surface area (Å²) in [7, 11) is 0. The molecule has 0 saturated heterocycles. The fraction of sp³-hybridized carbons (Fsp3) is 0.250. The fourth-order valence-electron chi connectivity index (χ4n) is 2.93. The maximum atomic E-state index is 12.7. The van der Waals surface area contributed by atoms with Crippen LogP contribution in [-0.2, 0) is 4.79 Å². The minimum Gasteiger partial charge on any atom is -0.481 e. The number of carbonyl (C=O) groups excluding carboxylic acids is 2. The van der Waals surface area contributed by atoms with Gasteiger partial charge in [0.2, 0.25) is 0 Å². The van der Waals surface area contributed by atoms with E-state index in [4.69, 9.17) is 4.74 Å². The zero-order chi connectivity index (χ0) is 20.8. The highest BCUT2D eigenvalue weighted by Gasteiger charge is 2.19. The normalized spacial score (nSPS) is 12.8. The van der Waals surface area contributed by atoms with Crippen LogP contribution in [0.1, 0.15) is 37.6 Å². The Labute approximate surface area is 171 Å². The number of ether oxygens (including phenoxy) is 1. The molecule has 5 nitrogen and oxygen atoms in total. The molecule has 150 valence electrons. The summed E-state index contributed by atoms with van der Waals surface area (Å²) in [5.74, 6) is 0.0921. The second-order valence-electron chi connectivity index (χ2n) is 7.09. The van der Waals surface area contributed by atoms with E-state index in [2.05, 4.69) is 10.6 Å². The van der Waals surface area contributed by atoms with Crippen molar-refractivity contribution in [2.24, 2.45) is 0 Å². The van der Waals surface area contributed by atoms with Crippen molar-refractivity contribution in [2.75, 3.05) is 5.32 Å². The zero-order valence-electron chi connectivity index (χ0n) is 16.9. The van der Waals surface area contributed by atoms with Crippen LogP contribution in [-0.4, -0.2) is 24.0 Å². The maximum Gasteiger partial charge on any atom is 0.265 e. The van der Waals surface area contributed by atoms with E-state index in [0.29, 0.717) is 17.0 Å². The molecule has 0 aliphatic carbocycles. The van der Waals surface area contributed by atoms with Gasteiger partial charge in [0.05, 0.1) is 11.3 Å². The van der Waals surface area contributed by atoms with E-state index < -0.39 is 6.10 Å². The maximum absolute atomic E-state index is 12.7. The number of hydrogen-bond acceptors (Lipinski definition) is 3. The first-order chi connectivity index (χ1) is 14.0. The Balaban J connectivity index is 1.70. The number of carbonyl (C=O) groups is 2. The average molecular weight is 390 g/mol. The standard InChI is InChI=1S/C24H26N2O3/c1-4-16(2)25-24(28)21-11-7-8-12-22(21)26-23(27)17(3)29-20-14-13-18-9-5-6-10-19(18)15-20/h5-17H,4H2,1-3H3,(H,25,28)(H,26,27)/t16-,17+/m1/s1. The predicted molar refractivity (Wildman–Crippen MR) is 116 cm³/mol. The quantitative estimate of drug-likeness (QED) is 0.610. The largest absolute Gasteiger partial charge is 0.481 e. The SMILES string of the molecule is CC[C@@H](C)NC(=O)c1ccccc1NC(=O)[C@H](C)Oc1ccc2ccccc2c1. The lowest BCUT2D eigenvalue weighted by molar-refractivity contribution is -0.122. The van der Waals surface area contributed by atoms with Crippen LogP contribution in [0.25, 0.3) is 10.8 Å². The van der Waals surface area contributed by atoms with Gasteiger partial charge in [-0.1, -0.05) is 49.4 Å². The second kappa shape index (κ2) is 9.24. The van der Waals surface area contributed by atoms with Crippen LogP contribution in [0.15, 0.2) is 66.7 Å². The number of para-hydroxylation sites is 1. The van der Waals surface area contributed by atoms with Crippen molar-refractivity contribution >= 4 is 28.3 Å². The van der Waals surface area contributed by atoms with Crippen LogP contribution >= 0.6 is 0 Å². The zero-order valence-corrected chi connectivity index (χ0v) is 16.9. The molecule has 3 rings (SSSR count). The van der Waals surface area contributed by atoms with E-state index in [-0.39, 0.29) is 17.9 Å². The molecule has 0 aliphatic heterocycles. The summed E-state index contributed by atoms with van der Waals surface area (Å²) in [5.41, 5.74) is 0.895. The van der Waals surface area contributed by atoms with Gasteiger partial charge < -0.3 is 15.4 Å². The number of rotatable bonds is 7. The van der Waals surface area contributed by atoms with Crippen molar-refractivity contribution in [3.8, 4) is 5.75 Å². The Morgan fingerprint density at radius 3 is 2.38 bits per heavy atom. The fourth-order valence-corrected chi connectivity index (χ4v) is 2.93. The van der Waals surface area contributed by atoms with Crippen molar-refractivity contribution in [3.63, 3.8) is 0 Å². The third-order valence-electron chi connectivity index (χ3n) is 4.82. The van der Waals surface area contributed by atoms with Crippen molar-refractivity contribution in [1.82, 2.24) is 5.32 Å². The highest BCUT2D eigenvalue weighted by molar-refractivity contribution is 6.04. The molecule has 0 aromatic heterocycles. The second-order valence-corrected chi connectivity index (χ2v) is 7.09. The Bertz CT molecular complexity index is 1020. The Morgan fingerprint density at radius 2 is 1.62 bits per heavy atom. The molecule has 2 amide bonds. The molecule has 2 N–H and O–H groups in total. The van der Waals surface area contributed by atoms with E-state index in [1.165, 1.54) is 0 Å². The molecule has 0 unspecified atom stereocenters. The molecule has 0 saturated carbocycles. The summed E-state index contributed by atoms with van der Waals surface area (Å²) < 4.78 is 5.83. The first kappa shape index (κ1) is 20.4. The van der Waals surface area contributed by atoms with Gasteiger partial charge in [-0.15, -0.1) is 0 Å². The Morgan fingerprint density at radius 1 is 0.931 bits per heavy atom. The molecule has 0 bridgehead atoms. The molecule has 3 aromatic rings. The Kier molecular flexibility index (Phi) is 6.50. The van der Waals surface area contributed by atoms with Crippen molar-refractivity contribution in [1.29, 1.82) is 0 Å². The first-order valence-corrected chi connectivity index (χ1v) is 9.84. The third kappa shape index (κ3) is 5.13. The van der Waals surface area contributed by atoms with Crippen LogP contribution in [0, 0.1) is 0 Å². The lowest BCUT2D eigenvalue weighted by Crippen LogP contribution is -2.34. The highest BCUT2D eigenvalue weighted by atomic mass is 16.5. The van der Waals surface area contributed by atoms with Crippen LogP contribution < -0.4 is 15.4 Å². The average Bonchev–Trinajstić information content (AvgIpc) is 2.73. The molecule has 0 radical (unpaired) electrons. The Hall–Kier alpha value is -3.34. The predicted octanol–water partition coefficient (Wildman–Crippen LogP) is 4.77. The van der Waals surface area contributed by atoms with E-state index >= 15 is 0 Å². The third-order valence-corrected chi connectivity index (χ3v) is 4.82. The van der Waals surface area contributed by atoms with E-state index in [1.54, 1.807) is 31.2 Å². The lowest BCUT2D eigenvalue weighted by atomic mass is 10.1. The number of fused-ring (bicyclic) bond motifs is 1. The molecule has 0 spiro atoms. The molecule has 5 heteroatoms. The summed E-state index contributed by atoms with van der Waals surface area (Å²) in [6.07, 6.45) is 0.110. The van der Waals surface area contributed by atoms with Gasteiger partial charge in [0.1, 0.15) is 5.75 Å². The van der Waals surface area contributed by atoms with Gasteiger partial charge in [0.25, 0.3) is 11.8 Å². The minimum absolute atomic E-state index is 0.0569. The minimum atomic E-state index is -0.721. The summed E-state index contributed by atoms with van der Waals surface area (Å²) in [4.78, 5) is 25.2. The van der Waals surface area contributed by atoms with Gasteiger partial charge in [-0.3, -0.25) is 9.59 Å². The molecule has 2 atom stereocenters. The van der Waals surface area contributed by atoms with Crippen LogP contribution in [0.4, 0.5) is 5.69 Å². The summed E-state index contributed by atoms with van der Waals surface area (Å²) in [6, 6.07) is 20.7. The van der Waals surface area contributed by atoms with Crippen molar-refractivity contribution < 1.29 is 14.3 Å². The molecule has 0 heterocycles. The molecule has 3 aromatic carbocycles. The number of anilines is 1. The number of benzene rings is 3. The van der Waals surface area contributed by atoms with E-state index in [0.717, 1.165) is 17.2 Å². The number of hydrogen-bond donors (Lipinski definition) is 2.